The normalized spacial score (nSPS) is 15.9. The van der Waals surface area contributed by atoms with Crippen LogP contribution in [0.2, 0.25) is 0 Å². The van der Waals surface area contributed by atoms with Gasteiger partial charge >= 0.3 is 0 Å². The monoisotopic (exact) mass is 588 g/mol. The quantitative estimate of drug-likeness (QED) is 0.301. The summed E-state index contributed by atoms with van der Waals surface area (Å²) in [4.78, 5) is 14.1. The highest BCUT2D eigenvalue weighted by molar-refractivity contribution is 14.1. The molecule has 3 N–H and O–H groups in total. The van der Waals surface area contributed by atoms with Crippen molar-refractivity contribution in [2.45, 2.75) is 41.1 Å². The fraction of sp³-hybridized carbons (Fsp3) is 0.421. The number of nitrogens with zero attached hydrogens (tertiary/aromatic N) is 4. The molecule has 0 amide bonds. The van der Waals surface area contributed by atoms with Crippen molar-refractivity contribution in [3.05, 3.63) is 22.0 Å². The van der Waals surface area contributed by atoms with Crippen LogP contribution < -0.4 is 19.9 Å². The van der Waals surface area contributed by atoms with Gasteiger partial charge in [-0.15, -0.1) is 0 Å². The van der Waals surface area contributed by atoms with E-state index < -0.39 is 10.0 Å². The van der Waals surface area contributed by atoms with Gasteiger partial charge in [0.15, 0.2) is 33.6 Å². The molecule has 1 aromatic carbocycles. The Bertz CT molecular complexity index is 1280. The average molecular weight is 588 g/mol. The molecule has 1 aliphatic carbocycles. The molecule has 10 nitrogen and oxygen atoms in total. The second kappa shape index (κ2) is 8.83. The molecule has 2 aliphatic rings. The van der Waals surface area contributed by atoms with E-state index in [4.69, 9.17) is 15.2 Å². The lowest BCUT2D eigenvalue weighted by molar-refractivity contribution is 0.171. The Labute approximate surface area is 202 Å². The van der Waals surface area contributed by atoms with E-state index in [1.54, 1.807) is 0 Å². The summed E-state index contributed by atoms with van der Waals surface area (Å²) in [7, 11) is -3.20. The van der Waals surface area contributed by atoms with Crippen LogP contribution in [0.5, 0.6) is 11.5 Å². The third-order valence-electron chi connectivity index (χ3n) is 5.15. The SMILES string of the molecule is Nc1ncnc2c1nc(Sc1cc3c(cc1I)OCCO3)n2CCCNS(=O)(=O)C1CC1. The predicted octanol–water partition coefficient (Wildman–Crippen LogP) is 2.41. The molecule has 170 valence electrons. The van der Waals surface area contributed by atoms with E-state index >= 15 is 0 Å². The lowest BCUT2D eigenvalue weighted by Gasteiger charge is -2.19. The maximum absolute atomic E-state index is 12.1. The highest BCUT2D eigenvalue weighted by Crippen LogP contribution is 2.40. The van der Waals surface area contributed by atoms with E-state index in [1.165, 1.54) is 18.1 Å². The van der Waals surface area contributed by atoms with Gasteiger partial charge < -0.3 is 19.8 Å². The number of imidazole rings is 1. The standard InChI is InChI=1S/C19H21IN6O4S2/c20-12-8-13-14(30-7-6-29-13)9-15(12)31-19-25-16-17(21)22-10-23-18(16)26(19)5-1-4-24-32(27,28)11-2-3-11/h8-11,24H,1-7H2,(H2,21,22,23). The first-order valence-electron chi connectivity index (χ1n) is 10.1. The molecule has 0 spiro atoms. The van der Waals surface area contributed by atoms with Gasteiger partial charge in [-0.1, -0.05) is 11.8 Å². The fourth-order valence-electron chi connectivity index (χ4n) is 3.38. The van der Waals surface area contributed by atoms with Crippen molar-refractivity contribution in [2.75, 3.05) is 25.5 Å². The molecule has 1 fully saturated rings. The number of nitrogens with one attached hydrogen (secondary N) is 1. The molecule has 0 radical (unpaired) electrons. The van der Waals surface area contributed by atoms with Crippen LogP contribution in [-0.2, 0) is 16.6 Å². The highest BCUT2D eigenvalue weighted by atomic mass is 127. The number of aromatic nitrogens is 4. The number of sulfonamides is 1. The van der Waals surface area contributed by atoms with Crippen molar-refractivity contribution in [1.82, 2.24) is 24.2 Å². The minimum atomic E-state index is -3.20. The predicted molar refractivity (Wildman–Crippen MR) is 129 cm³/mol. The fourth-order valence-corrected chi connectivity index (χ4v) is 6.52. The van der Waals surface area contributed by atoms with Crippen LogP contribution in [0.4, 0.5) is 5.82 Å². The summed E-state index contributed by atoms with van der Waals surface area (Å²) in [5, 5.41) is 0.472. The van der Waals surface area contributed by atoms with Gasteiger partial charge in [-0.2, -0.15) is 0 Å². The van der Waals surface area contributed by atoms with Gasteiger partial charge in [0, 0.05) is 21.6 Å². The van der Waals surface area contributed by atoms with Crippen molar-refractivity contribution < 1.29 is 17.9 Å². The Morgan fingerprint density at radius 1 is 1.22 bits per heavy atom. The zero-order chi connectivity index (χ0) is 22.3. The summed E-state index contributed by atoms with van der Waals surface area (Å²) < 4.78 is 41.2. The first-order valence-corrected chi connectivity index (χ1v) is 13.6. The third-order valence-corrected chi connectivity index (χ3v) is 9.41. The van der Waals surface area contributed by atoms with Crippen LogP contribution in [0.3, 0.4) is 0 Å². The van der Waals surface area contributed by atoms with Gasteiger partial charge in [-0.3, -0.25) is 0 Å². The molecule has 1 saturated carbocycles. The van der Waals surface area contributed by atoms with Gasteiger partial charge in [0.05, 0.1) is 5.25 Å². The Kier molecular flexibility index (Phi) is 6.07. The molecule has 1 aliphatic heterocycles. The van der Waals surface area contributed by atoms with E-state index in [2.05, 4.69) is 42.3 Å². The number of hydrogen-bond donors (Lipinski definition) is 2. The van der Waals surface area contributed by atoms with Crippen LogP contribution in [-0.4, -0.2) is 52.9 Å². The molecule has 0 bridgehead atoms. The lowest BCUT2D eigenvalue weighted by Crippen LogP contribution is -2.28. The van der Waals surface area contributed by atoms with Gasteiger partial charge in [0.25, 0.3) is 0 Å². The van der Waals surface area contributed by atoms with Crippen LogP contribution >= 0.6 is 34.4 Å². The lowest BCUT2D eigenvalue weighted by atomic mass is 10.3. The zero-order valence-corrected chi connectivity index (χ0v) is 20.7. The van der Waals surface area contributed by atoms with Gasteiger partial charge in [0.1, 0.15) is 19.5 Å². The average Bonchev–Trinajstić information content (AvgIpc) is 3.57. The second-order valence-electron chi connectivity index (χ2n) is 7.50. The molecule has 13 heteroatoms. The molecular formula is C19H21IN6O4S2. The van der Waals surface area contributed by atoms with Gasteiger partial charge in [-0.25, -0.2) is 28.1 Å². The first-order chi connectivity index (χ1) is 15.4. The van der Waals surface area contributed by atoms with Crippen molar-refractivity contribution >= 4 is 61.4 Å². The van der Waals surface area contributed by atoms with E-state index in [-0.39, 0.29) is 5.25 Å². The van der Waals surface area contributed by atoms with Crippen molar-refractivity contribution in [3.8, 4) is 11.5 Å². The maximum atomic E-state index is 12.1. The Balaban J connectivity index is 1.40. The van der Waals surface area contributed by atoms with Crippen LogP contribution in [0.15, 0.2) is 28.5 Å². The molecule has 3 heterocycles. The summed E-state index contributed by atoms with van der Waals surface area (Å²) in [6, 6.07) is 3.90. The Morgan fingerprint density at radius 3 is 2.72 bits per heavy atom. The molecule has 32 heavy (non-hydrogen) atoms. The van der Waals surface area contributed by atoms with Crippen molar-refractivity contribution in [2.24, 2.45) is 0 Å². The number of nitrogen functional groups attached to an aromatic ring is 1. The van der Waals surface area contributed by atoms with Crippen LogP contribution in [0.1, 0.15) is 19.3 Å². The molecular weight excluding hydrogens is 567 g/mol. The van der Waals surface area contributed by atoms with E-state index in [1.807, 2.05) is 16.7 Å². The summed E-state index contributed by atoms with van der Waals surface area (Å²) in [6.45, 7) is 1.93. The summed E-state index contributed by atoms with van der Waals surface area (Å²) in [5.74, 6) is 1.74. The molecule has 5 rings (SSSR count). The van der Waals surface area contributed by atoms with Crippen LogP contribution in [0, 0.1) is 3.57 Å². The molecule has 0 unspecified atom stereocenters. The highest BCUT2D eigenvalue weighted by Gasteiger charge is 2.35. The number of nitrogens with two attached hydrogens (primary N) is 1. The second-order valence-corrected chi connectivity index (χ2v) is 11.7. The largest absolute Gasteiger partial charge is 0.486 e. The summed E-state index contributed by atoms with van der Waals surface area (Å²) in [6.07, 6.45) is 3.49. The van der Waals surface area contributed by atoms with Crippen molar-refractivity contribution in [3.63, 3.8) is 0 Å². The molecule has 0 atom stereocenters. The molecule has 0 saturated heterocycles. The van der Waals surface area contributed by atoms with Crippen LogP contribution in [0.25, 0.3) is 11.2 Å². The van der Waals surface area contributed by atoms with E-state index in [0.717, 1.165) is 27.1 Å². The summed E-state index contributed by atoms with van der Waals surface area (Å²) in [5.41, 5.74) is 7.19. The minimum Gasteiger partial charge on any atom is -0.486 e. The summed E-state index contributed by atoms with van der Waals surface area (Å²) >= 11 is 3.74. The number of fused-ring (bicyclic) bond motifs is 2. The zero-order valence-electron chi connectivity index (χ0n) is 17.0. The number of rotatable bonds is 8. The Hall–Kier alpha value is -1.84. The third kappa shape index (κ3) is 4.47. The molecule has 3 aromatic rings. The van der Waals surface area contributed by atoms with Gasteiger partial charge in [-0.05, 0) is 54.0 Å². The topological polar surface area (TPSA) is 134 Å². The van der Waals surface area contributed by atoms with E-state index in [0.29, 0.717) is 60.6 Å². The first kappa shape index (κ1) is 22.0. The Morgan fingerprint density at radius 2 is 1.97 bits per heavy atom. The number of aryl methyl sites for hydroxylation is 1. The molecule has 2 aromatic heterocycles. The van der Waals surface area contributed by atoms with Gasteiger partial charge in [0.2, 0.25) is 10.0 Å². The maximum Gasteiger partial charge on any atom is 0.214 e. The number of hydrogen-bond acceptors (Lipinski definition) is 9. The number of halogens is 1. The number of ether oxygens (including phenoxy) is 2. The number of benzene rings is 1. The number of anilines is 1. The van der Waals surface area contributed by atoms with Crippen molar-refractivity contribution in [1.29, 1.82) is 0 Å². The minimum absolute atomic E-state index is 0.229. The smallest absolute Gasteiger partial charge is 0.214 e. The van der Waals surface area contributed by atoms with E-state index in [9.17, 15) is 8.42 Å².